The van der Waals surface area contributed by atoms with E-state index in [1.807, 2.05) is 0 Å². The molecule has 0 unspecified atom stereocenters. The van der Waals surface area contributed by atoms with Crippen molar-refractivity contribution in [2.45, 2.75) is 0 Å². The Hall–Kier alpha value is -2.76. The average Bonchev–Trinajstić information content (AvgIpc) is 2.88. The molecule has 0 spiro atoms. The molecule has 2 rings (SSSR count). The van der Waals surface area contributed by atoms with Crippen molar-refractivity contribution >= 4 is 18.1 Å². The molecule has 0 saturated carbocycles. The fourth-order valence-corrected chi connectivity index (χ4v) is 1.24. The lowest BCUT2D eigenvalue weighted by molar-refractivity contribution is -0.384. The van der Waals surface area contributed by atoms with Crippen molar-refractivity contribution in [1.82, 2.24) is 0 Å². The Morgan fingerprint density at radius 1 is 1.11 bits per heavy atom. The minimum Gasteiger partial charge on any atom is -0.463 e. The number of nitrogens with zero attached hydrogens (tertiary/aromatic N) is 3. The second-order valence-electron chi connectivity index (χ2n) is 3.35. The third-order valence-corrected chi connectivity index (χ3v) is 2.11. The van der Waals surface area contributed by atoms with Crippen molar-refractivity contribution in [3.05, 3.63) is 64.1 Å². The molecule has 0 radical (unpaired) electrons. The molecule has 0 bridgehead atoms. The van der Waals surface area contributed by atoms with E-state index >= 15 is 0 Å². The topological polar surface area (TPSA) is 81.0 Å². The van der Waals surface area contributed by atoms with Gasteiger partial charge in [-0.3, -0.25) is 10.1 Å². The zero-order chi connectivity index (χ0) is 12.8. The molecule has 90 valence electrons. The highest BCUT2D eigenvalue weighted by Crippen LogP contribution is 2.10. The van der Waals surface area contributed by atoms with Gasteiger partial charge in [0.25, 0.3) is 5.69 Å². The summed E-state index contributed by atoms with van der Waals surface area (Å²) in [6, 6.07) is 9.54. The van der Waals surface area contributed by atoms with Gasteiger partial charge in [-0.05, 0) is 29.8 Å². The summed E-state index contributed by atoms with van der Waals surface area (Å²) < 4.78 is 5.03. The van der Waals surface area contributed by atoms with Crippen molar-refractivity contribution in [3.63, 3.8) is 0 Å². The van der Waals surface area contributed by atoms with Crippen LogP contribution in [0.5, 0.6) is 0 Å². The van der Waals surface area contributed by atoms with Gasteiger partial charge in [0.2, 0.25) is 0 Å². The fraction of sp³-hybridized carbons (Fsp3) is 0. The van der Waals surface area contributed by atoms with Gasteiger partial charge in [0.1, 0.15) is 5.76 Å². The second-order valence-corrected chi connectivity index (χ2v) is 3.35. The Morgan fingerprint density at radius 2 is 1.83 bits per heavy atom. The van der Waals surface area contributed by atoms with Gasteiger partial charge in [-0.1, -0.05) is 0 Å². The molecular weight excluding hydrogens is 234 g/mol. The molecule has 0 aliphatic carbocycles. The quantitative estimate of drug-likeness (QED) is 0.470. The van der Waals surface area contributed by atoms with Crippen LogP contribution in [0.3, 0.4) is 0 Å². The first kappa shape index (κ1) is 11.7. The molecule has 0 aliphatic heterocycles. The van der Waals surface area contributed by atoms with Gasteiger partial charge in [-0.25, -0.2) is 0 Å². The van der Waals surface area contributed by atoms with Gasteiger partial charge in [-0.15, -0.1) is 0 Å². The van der Waals surface area contributed by atoms with E-state index in [-0.39, 0.29) is 5.69 Å². The molecule has 0 atom stereocenters. The molecule has 0 aliphatic rings. The van der Waals surface area contributed by atoms with Crippen LogP contribution in [0.25, 0.3) is 0 Å². The molecule has 0 saturated heterocycles. The summed E-state index contributed by atoms with van der Waals surface area (Å²) in [6.45, 7) is 0. The third-order valence-electron chi connectivity index (χ3n) is 2.11. The van der Waals surface area contributed by atoms with E-state index < -0.39 is 4.92 Å². The lowest BCUT2D eigenvalue weighted by Gasteiger charge is -1.91. The van der Waals surface area contributed by atoms with Crippen molar-refractivity contribution < 1.29 is 9.34 Å². The van der Waals surface area contributed by atoms with Gasteiger partial charge in [-0.2, -0.15) is 10.2 Å². The summed E-state index contributed by atoms with van der Waals surface area (Å²) in [5, 5.41) is 18.0. The van der Waals surface area contributed by atoms with Gasteiger partial charge in [0, 0.05) is 12.1 Å². The van der Waals surface area contributed by atoms with Crippen LogP contribution in [0.15, 0.2) is 57.3 Å². The Balaban J connectivity index is 1.99. The second kappa shape index (κ2) is 5.53. The molecule has 1 aromatic heterocycles. The largest absolute Gasteiger partial charge is 0.463 e. The van der Waals surface area contributed by atoms with E-state index in [0.29, 0.717) is 5.76 Å². The van der Waals surface area contributed by atoms with E-state index in [9.17, 15) is 10.1 Å². The summed E-state index contributed by atoms with van der Waals surface area (Å²) in [5.74, 6) is 0.607. The highest BCUT2D eigenvalue weighted by molar-refractivity contribution is 5.81. The SMILES string of the molecule is O=[N+]([O-])c1ccc(/C=N\N=C\c2ccco2)cc1. The highest BCUT2D eigenvalue weighted by Gasteiger charge is 2.02. The van der Waals surface area contributed by atoms with Crippen LogP contribution in [0.2, 0.25) is 0 Å². The summed E-state index contributed by atoms with van der Waals surface area (Å²) in [4.78, 5) is 9.99. The van der Waals surface area contributed by atoms with Crippen LogP contribution in [0.1, 0.15) is 11.3 Å². The minimum atomic E-state index is -0.448. The highest BCUT2D eigenvalue weighted by atomic mass is 16.6. The molecule has 0 amide bonds. The molecular formula is C12H9N3O3. The van der Waals surface area contributed by atoms with Gasteiger partial charge in [0.05, 0.1) is 23.6 Å². The molecule has 6 heteroatoms. The number of hydrogen-bond acceptors (Lipinski definition) is 5. The molecule has 0 N–H and O–H groups in total. The lowest BCUT2D eigenvalue weighted by atomic mass is 10.2. The lowest BCUT2D eigenvalue weighted by Crippen LogP contribution is -1.88. The Labute approximate surface area is 102 Å². The predicted molar refractivity (Wildman–Crippen MR) is 67.0 cm³/mol. The number of rotatable bonds is 4. The molecule has 1 heterocycles. The maximum atomic E-state index is 10.4. The summed E-state index contributed by atoms with van der Waals surface area (Å²) >= 11 is 0. The van der Waals surface area contributed by atoms with E-state index in [2.05, 4.69) is 10.2 Å². The standard InChI is InChI=1S/C12H9N3O3/c16-15(17)11-5-3-10(4-6-11)8-13-14-9-12-2-1-7-18-12/h1-9H/b13-8-,14-9+. The number of nitro benzene ring substituents is 1. The summed E-state index contributed by atoms with van der Waals surface area (Å²) in [7, 11) is 0. The average molecular weight is 243 g/mol. The molecule has 1 aromatic carbocycles. The van der Waals surface area contributed by atoms with Gasteiger partial charge >= 0.3 is 0 Å². The van der Waals surface area contributed by atoms with Crippen LogP contribution in [-0.2, 0) is 0 Å². The van der Waals surface area contributed by atoms with E-state index in [1.54, 1.807) is 30.5 Å². The third kappa shape index (κ3) is 3.11. The van der Waals surface area contributed by atoms with Crippen molar-refractivity contribution in [1.29, 1.82) is 0 Å². The smallest absolute Gasteiger partial charge is 0.269 e. The van der Waals surface area contributed by atoms with E-state index in [0.717, 1.165) is 5.56 Å². The number of benzene rings is 1. The van der Waals surface area contributed by atoms with E-state index in [1.165, 1.54) is 24.6 Å². The number of nitro groups is 1. The first-order valence-corrected chi connectivity index (χ1v) is 5.10. The van der Waals surface area contributed by atoms with Gasteiger partial charge in [0.15, 0.2) is 0 Å². The first-order chi connectivity index (χ1) is 8.75. The van der Waals surface area contributed by atoms with Gasteiger partial charge < -0.3 is 4.42 Å². The maximum absolute atomic E-state index is 10.4. The van der Waals surface area contributed by atoms with Crippen molar-refractivity contribution in [2.75, 3.05) is 0 Å². The monoisotopic (exact) mass is 243 g/mol. The maximum Gasteiger partial charge on any atom is 0.269 e. The van der Waals surface area contributed by atoms with E-state index in [4.69, 9.17) is 4.42 Å². The molecule has 2 aromatic rings. The predicted octanol–water partition coefficient (Wildman–Crippen LogP) is 2.64. The van der Waals surface area contributed by atoms with Crippen LogP contribution >= 0.6 is 0 Å². The van der Waals surface area contributed by atoms with Crippen LogP contribution in [0.4, 0.5) is 5.69 Å². The zero-order valence-electron chi connectivity index (χ0n) is 9.26. The normalized spacial score (nSPS) is 11.3. The zero-order valence-corrected chi connectivity index (χ0v) is 9.26. The number of non-ortho nitro benzene ring substituents is 1. The minimum absolute atomic E-state index is 0.0474. The summed E-state index contributed by atoms with van der Waals surface area (Å²) in [5.41, 5.74) is 0.781. The first-order valence-electron chi connectivity index (χ1n) is 5.10. The number of hydrogen-bond donors (Lipinski definition) is 0. The van der Waals surface area contributed by atoms with Crippen molar-refractivity contribution in [2.24, 2.45) is 10.2 Å². The Kier molecular flexibility index (Phi) is 3.60. The van der Waals surface area contributed by atoms with Crippen molar-refractivity contribution in [3.8, 4) is 0 Å². The van der Waals surface area contributed by atoms with Crippen LogP contribution < -0.4 is 0 Å². The summed E-state index contributed by atoms with van der Waals surface area (Å²) in [6.07, 6.45) is 4.52. The number of furan rings is 1. The molecule has 0 fully saturated rings. The fourth-order valence-electron chi connectivity index (χ4n) is 1.24. The molecule has 6 nitrogen and oxygen atoms in total. The van der Waals surface area contributed by atoms with Crippen LogP contribution in [-0.4, -0.2) is 17.4 Å². The molecule has 18 heavy (non-hydrogen) atoms. The Morgan fingerprint density at radius 3 is 2.44 bits per heavy atom. The Bertz CT molecular complexity index is 571. The van der Waals surface area contributed by atoms with Crippen LogP contribution in [0, 0.1) is 10.1 Å².